The highest BCUT2D eigenvalue weighted by molar-refractivity contribution is 4.85. The molecule has 4 unspecified atom stereocenters. The van der Waals surface area contributed by atoms with E-state index in [0.29, 0.717) is 6.04 Å². The second kappa shape index (κ2) is 6.75. The molecule has 0 aromatic carbocycles. The number of hydrogen-bond acceptors (Lipinski definition) is 2. The van der Waals surface area contributed by atoms with E-state index in [0.717, 1.165) is 31.1 Å². The Bertz CT molecular complexity index is 213. The van der Waals surface area contributed by atoms with Gasteiger partial charge in [-0.05, 0) is 37.5 Å². The third-order valence-electron chi connectivity index (χ3n) is 4.76. The van der Waals surface area contributed by atoms with Crippen LogP contribution in [0.2, 0.25) is 0 Å². The minimum absolute atomic E-state index is 0.683. The lowest BCUT2D eigenvalue weighted by Crippen LogP contribution is -2.45. The average Bonchev–Trinajstić information content (AvgIpc) is 2.79. The van der Waals surface area contributed by atoms with Crippen molar-refractivity contribution in [2.75, 3.05) is 13.2 Å². The van der Waals surface area contributed by atoms with Crippen LogP contribution in [0, 0.1) is 11.8 Å². The van der Waals surface area contributed by atoms with Crippen LogP contribution in [-0.4, -0.2) is 25.3 Å². The highest BCUT2D eigenvalue weighted by Crippen LogP contribution is 2.26. The van der Waals surface area contributed by atoms with Crippen molar-refractivity contribution in [3.05, 3.63) is 0 Å². The van der Waals surface area contributed by atoms with E-state index in [-0.39, 0.29) is 0 Å². The molecule has 0 spiro atoms. The molecule has 4 atom stereocenters. The molecule has 1 aliphatic heterocycles. The fourth-order valence-corrected chi connectivity index (χ4v) is 3.47. The Labute approximate surface area is 107 Å². The molecule has 1 heterocycles. The van der Waals surface area contributed by atoms with Crippen molar-refractivity contribution in [2.45, 2.75) is 70.9 Å². The third-order valence-corrected chi connectivity index (χ3v) is 4.76. The maximum atomic E-state index is 5.54. The summed E-state index contributed by atoms with van der Waals surface area (Å²) < 4.78 is 5.54. The lowest BCUT2D eigenvalue weighted by atomic mass is 9.91. The predicted octanol–water partition coefficient (Wildman–Crippen LogP) is 3.36. The largest absolute Gasteiger partial charge is 0.381 e. The highest BCUT2D eigenvalue weighted by Gasteiger charge is 2.28. The molecule has 17 heavy (non-hydrogen) atoms. The molecule has 100 valence electrons. The van der Waals surface area contributed by atoms with E-state index in [1.807, 2.05) is 0 Å². The van der Waals surface area contributed by atoms with Gasteiger partial charge in [0, 0.05) is 18.7 Å². The summed E-state index contributed by atoms with van der Waals surface area (Å²) in [6.45, 7) is 6.70. The van der Waals surface area contributed by atoms with Crippen LogP contribution in [0.5, 0.6) is 0 Å². The summed E-state index contributed by atoms with van der Waals surface area (Å²) in [6, 6.07) is 1.44. The Morgan fingerprint density at radius 1 is 1.18 bits per heavy atom. The van der Waals surface area contributed by atoms with Gasteiger partial charge in [0.2, 0.25) is 0 Å². The molecule has 1 saturated heterocycles. The van der Waals surface area contributed by atoms with Crippen molar-refractivity contribution < 1.29 is 4.74 Å². The lowest BCUT2D eigenvalue weighted by molar-refractivity contribution is 0.169. The van der Waals surface area contributed by atoms with Crippen molar-refractivity contribution in [3.63, 3.8) is 0 Å². The lowest BCUT2D eigenvalue weighted by Gasteiger charge is -2.31. The van der Waals surface area contributed by atoms with E-state index in [4.69, 9.17) is 4.74 Å². The van der Waals surface area contributed by atoms with Gasteiger partial charge in [0.15, 0.2) is 0 Å². The van der Waals surface area contributed by atoms with Crippen molar-refractivity contribution in [1.82, 2.24) is 5.32 Å². The Balaban J connectivity index is 1.87. The standard InChI is InChI=1S/C15H29NO/c1-3-14(13-9-10-17-11-13)16-15-8-6-4-5-7-12(15)2/h12-16H,3-11H2,1-2H3. The maximum Gasteiger partial charge on any atom is 0.0510 e. The third kappa shape index (κ3) is 3.69. The zero-order valence-corrected chi connectivity index (χ0v) is 11.6. The van der Waals surface area contributed by atoms with Crippen LogP contribution in [0.15, 0.2) is 0 Å². The average molecular weight is 239 g/mol. The van der Waals surface area contributed by atoms with E-state index in [1.165, 1.54) is 44.9 Å². The molecule has 2 aliphatic rings. The van der Waals surface area contributed by atoms with Gasteiger partial charge >= 0.3 is 0 Å². The summed E-state index contributed by atoms with van der Waals surface area (Å²) >= 11 is 0. The fourth-order valence-electron chi connectivity index (χ4n) is 3.47. The first-order valence-electron chi connectivity index (χ1n) is 7.65. The van der Waals surface area contributed by atoms with Crippen LogP contribution >= 0.6 is 0 Å². The molecule has 2 heteroatoms. The van der Waals surface area contributed by atoms with Crippen molar-refractivity contribution >= 4 is 0 Å². The normalized spacial score (nSPS) is 36.7. The summed E-state index contributed by atoms with van der Waals surface area (Å²) in [5.41, 5.74) is 0. The minimum atomic E-state index is 0.683. The molecule has 0 radical (unpaired) electrons. The predicted molar refractivity (Wildman–Crippen MR) is 72.2 cm³/mol. The van der Waals surface area contributed by atoms with Crippen LogP contribution in [0.25, 0.3) is 0 Å². The van der Waals surface area contributed by atoms with Gasteiger partial charge in [-0.1, -0.05) is 33.1 Å². The van der Waals surface area contributed by atoms with Crippen LogP contribution in [0.3, 0.4) is 0 Å². The highest BCUT2D eigenvalue weighted by atomic mass is 16.5. The summed E-state index contributed by atoms with van der Waals surface area (Å²) in [5.74, 6) is 1.62. The molecule has 2 nitrogen and oxygen atoms in total. The van der Waals surface area contributed by atoms with Gasteiger partial charge in [-0.2, -0.15) is 0 Å². The van der Waals surface area contributed by atoms with Crippen molar-refractivity contribution in [2.24, 2.45) is 11.8 Å². The quantitative estimate of drug-likeness (QED) is 0.760. The smallest absolute Gasteiger partial charge is 0.0510 e. The number of hydrogen-bond donors (Lipinski definition) is 1. The summed E-state index contributed by atoms with van der Waals surface area (Å²) in [6.07, 6.45) is 9.58. The van der Waals surface area contributed by atoms with Crippen LogP contribution < -0.4 is 5.32 Å². The molecule has 0 aromatic heterocycles. The zero-order valence-electron chi connectivity index (χ0n) is 11.6. The molecule has 1 N–H and O–H groups in total. The number of nitrogens with one attached hydrogen (secondary N) is 1. The maximum absolute atomic E-state index is 5.54. The SMILES string of the molecule is CCC(NC1CCCCCC1C)C1CCOC1. The van der Waals surface area contributed by atoms with Gasteiger partial charge in [-0.3, -0.25) is 0 Å². The Kier molecular flexibility index (Phi) is 5.30. The first-order chi connectivity index (χ1) is 8.31. The Hall–Kier alpha value is -0.0800. The summed E-state index contributed by atoms with van der Waals surface area (Å²) in [7, 11) is 0. The molecule has 0 bridgehead atoms. The molecular formula is C15H29NO. The second-order valence-electron chi connectivity index (χ2n) is 6.03. The van der Waals surface area contributed by atoms with Gasteiger partial charge in [-0.15, -0.1) is 0 Å². The van der Waals surface area contributed by atoms with Gasteiger partial charge in [0.05, 0.1) is 6.61 Å². The summed E-state index contributed by atoms with van der Waals surface area (Å²) in [5, 5.41) is 3.96. The van der Waals surface area contributed by atoms with Crippen LogP contribution in [0.4, 0.5) is 0 Å². The Morgan fingerprint density at radius 3 is 2.71 bits per heavy atom. The molecule has 2 rings (SSSR count). The van der Waals surface area contributed by atoms with E-state index < -0.39 is 0 Å². The minimum Gasteiger partial charge on any atom is -0.381 e. The Morgan fingerprint density at radius 2 is 2.00 bits per heavy atom. The van der Waals surface area contributed by atoms with Gasteiger partial charge in [0.1, 0.15) is 0 Å². The molecular weight excluding hydrogens is 210 g/mol. The fraction of sp³-hybridized carbons (Fsp3) is 1.00. The second-order valence-corrected chi connectivity index (χ2v) is 6.03. The summed E-state index contributed by atoms with van der Waals surface area (Å²) in [4.78, 5) is 0. The topological polar surface area (TPSA) is 21.3 Å². The molecule has 1 aliphatic carbocycles. The van der Waals surface area contributed by atoms with Crippen molar-refractivity contribution in [3.8, 4) is 0 Å². The number of rotatable bonds is 4. The number of ether oxygens (including phenoxy) is 1. The van der Waals surface area contributed by atoms with E-state index in [1.54, 1.807) is 0 Å². The van der Waals surface area contributed by atoms with Gasteiger partial charge in [-0.25, -0.2) is 0 Å². The molecule has 1 saturated carbocycles. The van der Waals surface area contributed by atoms with E-state index in [9.17, 15) is 0 Å². The van der Waals surface area contributed by atoms with Crippen molar-refractivity contribution in [1.29, 1.82) is 0 Å². The molecule has 2 fully saturated rings. The monoisotopic (exact) mass is 239 g/mol. The zero-order chi connectivity index (χ0) is 12.1. The first kappa shape index (κ1) is 13.4. The van der Waals surface area contributed by atoms with Gasteiger partial charge in [0.25, 0.3) is 0 Å². The molecule has 0 amide bonds. The van der Waals surface area contributed by atoms with Crippen LogP contribution in [-0.2, 0) is 4.74 Å². The first-order valence-corrected chi connectivity index (χ1v) is 7.65. The van der Waals surface area contributed by atoms with E-state index >= 15 is 0 Å². The van der Waals surface area contributed by atoms with Crippen LogP contribution in [0.1, 0.15) is 58.8 Å². The van der Waals surface area contributed by atoms with Gasteiger partial charge < -0.3 is 10.1 Å². The molecule has 0 aromatic rings. The van der Waals surface area contributed by atoms with E-state index in [2.05, 4.69) is 19.2 Å².